The largest absolute Gasteiger partial charge is 0.309 e. The monoisotopic (exact) mass is 445 g/mol. The number of fused-ring (bicyclic) bond motifs is 11. The standard InChI is InChI=1S/C34H23N/c1-4-10-26-20(7-1)13-23-15-24-17-31-30-16-21-8-2-5-11-27(21)29(30)18-25-14-22-9-3-6-12-32(22)35(34(25)31)33(24)19-28(23)26/h1-12,15,18-19H,13-14,16-17H2. The maximum atomic E-state index is 2.60. The van der Waals surface area contributed by atoms with Gasteiger partial charge in [-0.25, -0.2) is 0 Å². The molecule has 164 valence electrons. The zero-order valence-electron chi connectivity index (χ0n) is 19.4. The second kappa shape index (κ2) is 6.31. The zero-order chi connectivity index (χ0) is 22.7. The Hall–Kier alpha value is -4.10. The van der Waals surface area contributed by atoms with E-state index in [-0.39, 0.29) is 0 Å². The first-order valence-electron chi connectivity index (χ1n) is 12.7. The molecule has 9 rings (SSSR count). The predicted octanol–water partition coefficient (Wildman–Crippen LogP) is 8.11. The molecule has 5 aromatic carbocycles. The number of hydrogen-bond donors (Lipinski definition) is 0. The Labute approximate surface area is 205 Å². The molecule has 1 nitrogen and oxygen atoms in total. The molecule has 0 unspecified atom stereocenters. The van der Waals surface area contributed by atoms with Gasteiger partial charge >= 0.3 is 0 Å². The first kappa shape index (κ1) is 18.3. The van der Waals surface area contributed by atoms with Crippen LogP contribution in [-0.4, -0.2) is 0 Å². The minimum atomic E-state index is 1.01. The number of rotatable bonds is 0. The highest BCUT2D eigenvalue weighted by atomic mass is 15.2. The highest BCUT2D eigenvalue weighted by Gasteiger charge is 2.36. The molecular weight excluding hydrogens is 422 g/mol. The molecule has 35 heavy (non-hydrogen) atoms. The summed E-state index contributed by atoms with van der Waals surface area (Å²) in [7, 11) is 0. The van der Waals surface area contributed by atoms with Crippen molar-refractivity contribution in [2.75, 3.05) is 4.90 Å². The normalized spacial score (nSPS) is 14.9. The van der Waals surface area contributed by atoms with Crippen LogP contribution in [0.5, 0.6) is 0 Å². The van der Waals surface area contributed by atoms with Gasteiger partial charge in [0, 0.05) is 18.5 Å². The molecule has 0 saturated carbocycles. The molecule has 0 saturated heterocycles. The Balaban J connectivity index is 1.34. The number of anilines is 3. The molecular formula is C34H23N. The van der Waals surface area contributed by atoms with Crippen molar-refractivity contribution >= 4 is 17.1 Å². The van der Waals surface area contributed by atoms with Crippen LogP contribution in [0, 0.1) is 0 Å². The molecule has 1 heteroatoms. The van der Waals surface area contributed by atoms with Crippen LogP contribution in [0.15, 0.2) is 91.0 Å². The summed E-state index contributed by atoms with van der Waals surface area (Å²) in [6.07, 6.45) is 4.13. The molecule has 2 aliphatic heterocycles. The molecule has 0 atom stereocenters. The third kappa shape index (κ3) is 2.29. The molecule has 0 amide bonds. The van der Waals surface area contributed by atoms with Crippen LogP contribution in [-0.2, 0) is 25.7 Å². The molecule has 0 bridgehead atoms. The smallest absolute Gasteiger partial charge is 0.0535 e. The van der Waals surface area contributed by atoms with Crippen LogP contribution in [0.4, 0.5) is 17.1 Å². The second-order valence-electron chi connectivity index (χ2n) is 10.5. The second-order valence-corrected chi connectivity index (χ2v) is 10.5. The molecule has 0 spiro atoms. The third-order valence-electron chi connectivity index (χ3n) is 8.71. The van der Waals surface area contributed by atoms with Crippen molar-refractivity contribution in [1.29, 1.82) is 0 Å². The fraction of sp³-hybridized carbons (Fsp3) is 0.118. The van der Waals surface area contributed by atoms with E-state index >= 15 is 0 Å². The van der Waals surface area contributed by atoms with Crippen molar-refractivity contribution < 1.29 is 0 Å². The fourth-order valence-corrected chi connectivity index (χ4v) is 7.22. The average molecular weight is 446 g/mol. The van der Waals surface area contributed by atoms with Crippen LogP contribution in [0.2, 0.25) is 0 Å². The Morgan fingerprint density at radius 1 is 0.400 bits per heavy atom. The fourth-order valence-electron chi connectivity index (χ4n) is 7.22. The highest BCUT2D eigenvalue weighted by molar-refractivity contribution is 5.95. The van der Waals surface area contributed by atoms with Gasteiger partial charge in [-0.15, -0.1) is 0 Å². The van der Waals surface area contributed by atoms with E-state index in [4.69, 9.17) is 0 Å². The molecule has 0 aromatic heterocycles. The summed E-state index contributed by atoms with van der Waals surface area (Å²) in [4.78, 5) is 2.60. The molecule has 4 aliphatic rings. The van der Waals surface area contributed by atoms with Crippen LogP contribution >= 0.6 is 0 Å². The van der Waals surface area contributed by atoms with E-state index in [0.717, 1.165) is 25.7 Å². The lowest BCUT2D eigenvalue weighted by Gasteiger charge is -2.40. The summed E-state index contributed by atoms with van der Waals surface area (Å²) in [6.45, 7) is 0. The van der Waals surface area contributed by atoms with Gasteiger partial charge in [0.2, 0.25) is 0 Å². The van der Waals surface area contributed by atoms with E-state index in [1.165, 1.54) is 72.7 Å². The molecule has 2 heterocycles. The van der Waals surface area contributed by atoms with E-state index < -0.39 is 0 Å². The van der Waals surface area contributed by atoms with Gasteiger partial charge in [-0.05, 0) is 97.8 Å². The topological polar surface area (TPSA) is 3.24 Å². The number of nitrogens with zero attached hydrogens (tertiary/aromatic N) is 1. The summed E-state index contributed by atoms with van der Waals surface area (Å²) < 4.78 is 0. The van der Waals surface area contributed by atoms with Crippen molar-refractivity contribution in [1.82, 2.24) is 0 Å². The van der Waals surface area contributed by atoms with Gasteiger partial charge in [0.05, 0.1) is 11.4 Å². The van der Waals surface area contributed by atoms with Crippen molar-refractivity contribution in [2.45, 2.75) is 25.7 Å². The van der Waals surface area contributed by atoms with E-state index in [1.807, 2.05) is 0 Å². The average Bonchev–Trinajstić information content (AvgIpc) is 3.45. The van der Waals surface area contributed by atoms with Crippen LogP contribution in [0.3, 0.4) is 0 Å². The van der Waals surface area contributed by atoms with Crippen molar-refractivity contribution in [2.24, 2.45) is 0 Å². The Kier molecular flexibility index (Phi) is 3.29. The third-order valence-corrected chi connectivity index (χ3v) is 8.71. The van der Waals surface area contributed by atoms with E-state index in [2.05, 4.69) is 95.9 Å². The SMILES string of the molecule is c1ccc2c(c1)Cc1cc3c(cc1-2)N1c2ccccc2Cc2cc4c(c(c21)C3)Cc1ccccc1-4. The molecule has 0 N–H and O–H groups in total. The lowest BCUT2D eigenvalue weighted by Crippen LogP contribution is -2.25. The van der Waals surface area contributed by atoms with Crippen LogP contribution in [0.1, 0.15) is 44.5 Å². The van der Waals surface area contributed by atoms with Crippen molar-refractivity contribution in [3.05, 3.63) is 136 Å². The van der Waals surface area contributed by atoms with E-state index in [0.29, 0.717) is 0 Å². The van der Waals surface area contributed by atoms with Gasteiger partial charge in [-0.3, -0.25) is 0 Å². The van der Waals surface area contributed by atoms with Gasteiger partial charge in [0.15, 0.2) is 0 Å². The first-order chi connectivity index (χ1) is 17.3. The maximum absolute atomic E-state index is 2.60. The number of benzene rings is 5. The predicted molar refractivity (Wildman–Crippen MR) is 143 cm³/mol. The van der Waals surface area contributed by atoms with Crippen molar-refractivity contribution in [3.8, 4) is 22.3 Å². The summed E-state index contributed by atoms with van der Waals surface area (Å²) in [5.74, 6) is 0. The lowest BCUT2D eigenvalue weighted by molar-refractivity contribution is 0.991. The molecule has 0 radical (unpaired) electrons. The minimum absolute atomic E-state index is 1.01. The summed E-state index contributed by atoms with van der Waals surface area (Å²) in [6, 6.07) is 34.5. The molecule has 2 aliphatic carbocycles. The summed E-state index contributed by atoms with van der Waals surface area (Å²) >= 11 is 0. The Morgan fingerprint density at radius 3 is 1.91 bits per heavy atom. The van der Waals surface area contributed by atoms with Crippen LogP contribution in [0.25, 0.3) is 22.3 Å². The summed E-state index contributed by atoms with van der Waals surface area (Å²) in [5.41, 5.74) is 21.8. The van der Waals surface area contributed by atoms with Gasteiger partial charge in [0.1, 0.15) is 0 Å². The van der Waals surface area contributed by atoms with Crippen LogP contribution < -0.4 is 4.90 Å². The van der Waals surface area contributed by atoms with Crippen molar-refractivity contribution in [3.63, 3.8) is 0 Å². The Morgan fingerprint density at radius 2 is 1.06 bits per heavy atom. The van der Waals surface area contributed by atoms with Gasteiger partial charge in [-0.2, -0.15) is 0 Å². The minimum Gasteiger partial charge on any atom is -0.309 e. The van der Waals surface area contributed by atoms with E-state index in [9.17, 15) is 0 Å². The number of hydrogen-bond acceptors (Lipinski definition) is 1. The van der Waals surface area contributed by atoms with Gasteiger partial charge in [0.25, 0.3) is 0 Å². The van der Waals surface area contributed by atoms with Gasteiger partial charge < -0.3 is 4.90 Å². The lowest BCUT2D eigenvalue weighted by atomic mass is 9.81. The quantitative estimate of drug-likeness (QED) is 0.228. The number of para-hydroxylation sites is 1. The first-order valence-corrected chi connectivity index (χ1v) is 12.7. The Bertz CT molecular complexity index is 1760. The highest BCUT2D eigenvalue weighted by Crippen LogP contribution is 2.56. The zero-order valence-corrected chi connectivity index (χ0v) is 19.4. The summed E-state index contributed by atoms with van der Waals surface area (Å²) in [5, 5.41) is 0. The van der Waals surface area contributed by atoms with E-state index in [1.54, 1.807) is 11.1 Å². The maximum Gasteiger partial charge on any atom is 0.0535 e. The molecule has 5 aromatic rings. The molecule has 0 fully saturated rings. The van der Waals surface area contributed by atoms with Gasteiger partial charge in [-0.1, -0.05) is 72.8 Å².